The first-order valence-corrected chi connectivity index (χ1v) is 9.22. The van der Waals surface area contributed by atoms with Gasteiger partial charge >= 0.3 is 5.97 Å². The number of ether oxygens (including phenoxy) is 1. The molecule has 29 heavy (non-hydrogen) atoms. The van der Waals surface area contributed by atoms with Crippen LogP contribution < -0.4 is 10.6 Å². The summed E-state index contributed by atoms with van der Waals surface area (Å²) in [6, 6.07) is 10.7. The van der Waals surface area contributed by atoms with Crippen LogP contribution in [0.4, 0.5) is 17.1 Å². The first-order valence-electron chi connectivity index (χ1n) is 8.84. The number of hydrogen-bond donors (Lipinski definition) is 1. The molecule has 0 bridgehead atoms. The van der Waals surface area contributed by atoms with Gasteiger partial charge in [-0.05, 0) is 30.3 Å². The number of nitrogen functional groups attached to an aromatic ring is 1. The molecular weight excluding hydrogens is 400 g/mol. The highest BCUT2D eigenvalue weighted by Gasteiger charge is 2.23. The average molecular weight is 419 g/mol. The summed E-state index contributed by atoms with van der Waals surface area (Å²) < 4.78 is 5.08. The molecule has 0 spiro atoms. The van der Waals surface area contributed by atoms with Crippen LogP contribution in [0.25, 0.3) is 0 Å². The molecule has 0 aromatic heterocycles. The van der Waals surface area contributed by atoms with E-state index < -0.39 is 10.9 Å². The summed E-state index contributed by atoms with van der Waals surface area (Å²) in [5.41, 5.74) is 6.98. The molecule has 0 unspecified atom stereocenters. The lowest BCUT2D eigenvalue weighted by Gasteiger charge is -2.36. The summed E-state index contributed by atoms with van der Waals surface area (Å²) in [6.07, 6.45) is 0. The molecular formula is C19H19ClN4O5. The second kappa shape index (κ2) is 8.78. The minimum absolute atomic E-state index is 0.0331. The largest absolute Gasteiger partial charge is 0.452 e. The van der Waals surface area contributed by atoms with Gasteiger partial charge < -0.3 is 20.3 Å². The minimum Gasteiger partial charge on any atom is -0.452 e. The van der Waals surface area contributed by atoms with Crippen molar-refractivity contribution in [1.29, 1.82) is 0 Å². The Morgan fingerprint density at radius 3 is 2.34 bits per heavy atom. The van der Waals surface area contributed by atoms with E-state index in [2.05, 4.69) is 0 Å². The van der Waals surface area contributed by atoms with Crippen molar-refractivity contribution in [1.82, 2.24) is 4.90 Å². The highest BCUT2D eigenvalue weighted by Crippen LogP contribution is 2.21. The van der Waals surface area contributed by atoms with E-state index >= 15 is 0 Å². The van der Waals surface area contributed by atoms with Gasteiger partial charge in [0.25, 0.3) is 11.6 Å². The lowest BCUT2D eigenvalue weighted by atomic mass is 10.2. The Labute approximate surface area is 171 Å². The fourth-order valence-electron chi connectivity index (χ4n) is 3.02. The van der Waals surface area contributed by atoms with Crippen molar-refractivity contribution in [3.8, 4) is 0 Å². The molecule has 1 heterocycles. The number of anilines is 2. The van der Waals surface area contributed by atoms with Crippen LogP contribution in [0.5, 0.6) is 0 Å². The summed E-state index contributed by atoms with van der Waals surface area (Å²) >= 11 is 5.80. The molecule has 0 aliphatic carbocycles. The Morgan fingerprint density at radius 1 is 1.10 bits per heavy atom. The maximum Gasteiger partial charge on any atom is 0.340 e. The molecule has 0 saturated carbocycles. The Kier molecular flexibility index (Phi) is 6.18. The van der Waals surface area contributed by atoms with E-state index in [9.17, 15) is 19.7 Å². The number of amides is 1. The van der Waals surface area contributed by atoms with Crippen LogP contribution in [0.15, 0.2) is 42.5 Å². The predicted octanol–water partition coefficient (Wildman–Crippen LogP) is 2.34. The smallest absolute Gasteiger partial charge is 0.340 e. The number of halogens is 1. The van der Waals surface area contributed by atoms with Crippen molar-refractivity contribution in [2.45, 2.75) is 0 Å². The number of esters is 1. The first kappa shape index (κ1) is 20.4. The fraction of sp³-hybridized carbons (Fsp3) is 0.263. The van der Waals surface area contributed by atoms with E-state index in [1.807, 2.05) is 4.90 Å². The van der Waals surface area contributed by atoms with Crippen molar-refractivity contribution in [3.05, 3.63) is 63.2 Å². The van der Waals surface area contributed by atoms with E-state index in [0.717, 1.165) is 5.69 Å². The minimum atomic E-state index is -0.683. The maximum atomic E-state index is 12.3. The van der Waals surface area contributed by atoms with Crippen LogP contribution in [-0.4, -0.2) is 54.5 Å². The molecule has 0 atom stereocenters. The highest BCUT2D eigenvalue weighted by molar-refractivity contribution is 6.31. The fourth-order valence-corrected chi connectivity index (χ4v) is 3.20. The SMILES string of the molecule is Nc1cc(Cl)ccc1C(=O)OCC(=O)N1CCN(c2ccc([N+](=O)[O-])cc2)CC1. The van der Waals surface area contributed by atoms with E-state index in [4.69, 9.17) is 22.1 Å². The normalized spacial score (nSPS) is 13.8. The molecule has 1 amide bonds. The number of nitro groups is 1. The quantitative estimate of drug-likeness (QED) is 0.342. The predicted molar refractivity (Wildman–Crippen MR) is 108 cm³/mol. The van der Waals surface area contributed by atoms with Crippen molar-refractivity contribution in [2.24, 2.45) is 0 Å². The van der Waals surface area contributed by atoms with E-state index in [1.54, 1.807) is 17.0 Å². The molecule has 0 radical (unpaired) electrons. The molecule has 1 fully saturated rings. The van der Waals surface area contributed by atoms with Crippen molar-refractivity contribution >= 4 is 40.5 Å². The first-order chi connectivity index (χ1) is 13.8. The number of nitro benzene ring substituents is 1. The van der Waals surface area contributed by atoms with Gasteiger partial charge in [0.15, 0.2) is 6.61 Å². The van der Waals surface area contributed by atoms with Gasteiger partial charge in [-0.1, -0.05) is 11.6 Å². The molecule has 3 rings (SSSR count). The van der Waals surface area contributed by atoms with Gasteiger partial charge in [-0.25, -0.2) is 4.79 Å². The van der Waals surface area contributed by atoms with Crippen LogP contribution >= 0.6 is 11.6 Å². The number of carbonyl (C=O) groups excluding carboxylic acids is 2. The number of non-ortho nitro benzene ring substituents is 1. The van der Waals surface area contributed by atoms with Crippen LogP contribution in [0.2, 0.25) is 5.02 Å². The van der Waals surface area contributed by atoms with Gasteiger partial charge in [-0.15, -0.1) is 0 Å². The number of hydrogen-bond acceptors (Lipinski definition) is 7. The summed E-state index contributed by atoms with van der Waals surface area (Å²) in [4.78, 5) is 38.4. The summed E-state index contributed by atoms with van der Waals surface area (Å²) in [6.45, 7) is 1.68. The van der Waals surface area contributed by atoms with Crippen molar-refractivity contribution < 1.29 is 19.2 Å². The standard InChI is InChI=1S/C19H19ClN4O5/c20-13-1-6-16(17(21)11-13)19(26)29-12-18(25)23-9-7-22(8-10-23)14-2-4-15(5-3-14)24(27)28/h1-6,11H,7-10,12,21H2. The molecule has 9 nitrogen and oxygen atoms in total. The summed E-state index contributed by atoms with van der Waals surface area (Å²) in [5, 5.41) is 11.1. The average Bonchev–Trinajstić information content (AvgIpc) is 2.72. The topological polar surface area (TPSA) is 119 Å². The number of carbonyl (C=O) groups is 2. The van der Waals surface area contributed by atoms with Gasteiger partial charge in [-0.2, -0.15) is 0 Å². The molecule has 2 N–H and O–H groups in total. The summed E-state index contributed by atoms with van der Waals surface area (Å²) in [5.74, 6) is -0.980. The zero-order valence-corrected chi connectivity index (χ0v) is 16.2. The number of piperazine rings is 1. The number of benzene rings is 2. The lowest BCUT2D eigenvalue weighted by molar-refractivity contribution is -0.384. The Morgan fingerprint density at radius 2 is 1.76 bits per heavy atom. The zero-order chi connectivity index (χ0) is 21.0. The van der Waals surface area contributed by atoms with Gasteiger partial charge in [0.2, 0.25) is 0 Å². The lowest BCUT2D eigenvalue weighted by Crippen LogP contribution is -2.49. The summed E-state index contributed by atoms with van der Waals surface area (Å²) in [7, 11) is 0. The van der Waals surface area contributed by atoms with Crippen LogP contribution in [0.3, 0.4) is 0 Å². The number of nitrogens with zero attached hydrogens (tertiary/aromatic N) is 3. The van der Waals surface area contributed by atoms with Gasteiger partial charge in [0.1, 0.15) is 0 Å². The third-order valence-electron chi connectivity index (χ3n) is 4.62. The van der Waals surface area contributed by atoms with E-state index in [0.29, 0.717) is 31.2 Å². The van der Waals surface area contributed by atoms with Gasteiger partial charge in [0, 0.05) is 54.7 Å². The van der Waals surface area contributed by atoms with Crippen molar-refractivity contribution in [2.75, 3.05) is 43.4 Å². The Bertz CT molecular complexity index is 927. The highest BCUT2D eigenvalue weighted by atomic mass is 35.5. The Hall–Kier alpha value is -3.33. The van der Waals surface area contributed by atoms with E-state index in [-0.39, 0.29) is 29.5 Å². The van der Waals surface area contributed by atoms with Gasteiger partial charge in [-0.3, -0.25) is 14.9 Å². The Balaban J connectivity index is 1.49. The van der Waals surface area contributed by atoms with Crippen molar-refractivity contribution in [3.63, 3.8) is 0 Å². The monoisotopic (exact) mass is 418 g/mol. The molecule has 1 aliphatic rings. The molecule has 2 aromatic rings. The molecule has 1 saturated heterocycles. The third kappa shape index (κ3) is 4.94. The van der Waals surface area contributed by atoms with Gasteiger partial charge in [0.05, 0.1) is 10.5 Å². The molecule has 152 valence electrons. The molecule has 10 heteroatoms. The van der Waals surface area contributed by atoms with Crippen LogP contribution in [-0.2, 0) is 9.53 Å². The van der Waals surface area contributed by atoms with Crippen LogP contribution in [0.1, 0.15) is 10.4 Å². The number of rotatable bonds is 5. The van der Waals surface area contributed by atoms with E-state index in [1.165, 1.54) is 30.3 Å². The third-order valence-corrected chi connectivity index (χ3v) is 4.85. The molecule has 1 aliphatic heterocycles. The second-order valence-corrected chi connectivity index (χ2v) is 6.89. The zero-order valence-electron chi connectivity index (χ0n) is 15.4. The number of nitrogens with two attached hydrogens (primary N) is 1. The maximum absolute atomic E-state index is 12.3. The second-order valence-electron chi connectivity index (χ2n) is 6.45. The van der Waals surface area contributed by atoms with Crippen LogP contribution in [0, 0.1) is 10.1 Å². The molecule has 2 aromatic carbocycles.